The van der Waals surface area contributed by atoms with E-state index >= 15 is 0 Å². The molecule has 0 fully saturated rings. The van der Waals surface area contributed by atoms with Gasteiger partial charge in [0.15, 0.2) is 0 Å². The number of carbonyl (C=O) groups is 1. The molecule has 0 saturated carbocycles. The van der Waals surface area contributed by atoms with E-state index in [-0.39, 0.29) is 29.2 Å². The molecule has 1 unspecified atom stereocenters. The van der Waals surface area contributed by atoms with Gasteiger partial charge in [0.1, 0.15) is 0 Å². The molecule has 0 aliphatic carbocycles. The standard InChI is InChI=1S/C12H18N2O5S/c1-8(5-6-15)14-20(17,18)11-7-9(13)3-4-10(11)12(16)19-2/h3-4,7-8,14-15H,5-6,13H2,1-2H3. The maximum absolute atomic E-state index is 12.3. The molecule has 0 bridgehead atoms. The van der Waals surface area contributed by atoms with Crippen molar-refractivity contribution in [2.75, 3.05) is 19.5 Å². The van der Waals surface area contributed by atoms with Gasteiger partial charge < -0.3 is 15.6 Å². The first kappa shape index (κ1) is 16.4. The van der Waals surface area contributed by atoms with Gasteiger partial charge in [0, 0.05) is 18.3 Å². The SMILES string of the molecule is COC(=O)c1ccc(N)cc1S(=O)(=O)NC(C)CCO. The lowest BCUT2D eigenvalue weighted by molar-refractivity contribution is 0.0596. The number of nitrogen functional groups attached to an aromatic ring is 1. The smallest absolute Gasteiger partial charge is 0.339 e. The van der Waals surface area contributed by atoms with Crippen LogP contribution in [0, 0.1) is 0 Å². The van der Waals surface area contributed by atoms with E-state index in [1.54, 1.807) is 6.92 Å². The lowest BCUT2D eigenvalue weighted by atomic mass is 10.2. The summed E-state index contributed by atoms with van der Waals surface area (Å²) in [5.74, 6) is -0.764. The fourth-order valence-electron chi connectivity index (χ4n) is 1.62. The van der Waals surface area contributed by atoms with Gasteiger partial charge in [-0.1, -0.05) is 0 Å². The highest BCUT2D eigenvalue weighted by Crippen LogP contribution is 2.20. The van der Waals surface area contributed by atoms with Crippen LogP contribution in [0.25, 0.3) is 0 Å². The Morgan fingerprint density at radius 3 is 2.70 bits per heavy atom. The first-order chi connectivity index (χ1) is 9.31. The summed E-state index contributed by atoms with van der Waals surface area (Å²) in [4.78, 5) is 11.4. The van der Waals surface area contributed by atoms with Crippen molar-refractivity contribution in [2.24, 2.45) is 0 Å². The molecular weight excluding hydrogens is 284 g/mol. The first-order valence-electron chi connectivity index (χ1n) is 5.93. The molecule has 4 N–H and O–H groups in total. The number of nitrogens with one attached hydrogen (secondary N) is 1. The van der Waals surface area contributed by atoms with Gasteiger partial charge in [-0.2, -0.15) is 0 Å². The summed E-state index contributed by atoms with van der Waals surface area (Å²) in [6.45, 7) is 1.46. The van der Waals surface area contributed by atoms with Crippen molar-refractivity contribution < 1.29 is 23.1 Å². The number of benzene rings is 1. The van der Waals surface area contributed by atoms with Gasteiger partial charge in [-0.15, -0.1) is 0 Å². The van der Waals surface area contributed by atoms with Crippen molar-refractivity contribution in [3.8, 4) is 0 Å². The first-order valence-corrected chi connectivity index (χ1v) is 7.41. The van der Waals surface area contributed by atoms with Crippen LogP contribution >= 0.6 is 0 Å². The molecule has 0 saturated heterocycles. The number of hydrogen-bond acceptors (Lipinski definition) is 6. The number of carbonyl (C=O) groups excluding carboxylic acids is 1. The predicted molar refractivity (Wildman–Crippen MR) is 73.7 cm³/mol. The second-order valence-corrected chi connectivity index (χ2v) is 5.96. The third kappa shape index (κ3) is 3.92. The molecule has 8 heteroatoms. The Morgan fingerprint density at radius 2 is 2.15 bits per heavy atom. The van der Waals surface area contributed by atoms with Crippen LogP contribution in [0.3, 0.4) is 0 Å². The molecule has 0 aromatic heterocycles. The van der Waals surface area contributed by atoms with Crippen LogP contribution in [-0.4, -0.2) is 39.3 Å². The maximum atomic E-state index is 12.3. The van der Waals surface area contributed by atoms with Crippen molar-refractivity contribution in [3.63, 3.8) is 0 Å². The van der Waals surface area contributed by atoms with E-state index in [4.69, 9.17) is 10.8 Å². The number of methoxy groups -OCH3 is 1. The van der Waals surface area contributed by atoms with E-state index in [1.165, 1.54) is 18.2 Å². The van der Waals surface area contributed by atoms with Crippen molar-refractivity contribution in [2.45, 2.75) is 24.3 Å². The van der Waals surface area contributed by atoms with Crippen molar-refractivity contribution in [3.05, 3.63) is 23.8 Å². The Bertz CT molecular complexity index is 586. The molecule has 1 atom stereocenters. The number of aliphatic hydroxyl groups is 1. The van der Waals surface area contributed by atoms with Crippen LogP contribution in [0.1, 0.15) is 23.7 Å². The summed E-state index contributed by atoms with van der Waals surface area (Å²) in [5.41, 5.74) is 5.69. The summed E-state index contributed by atoms with van der Waals surface area (Å²) in [6, 6.07) is 3.44. The molecule has 7 nitrogen and oxygen atoms in total. The number of sulfonamides is 1. The third-order valence-electron chi connectivity index (χ3n) is 2.62. The van der Waals surface area contributed by atoms with E-state index in [0.29, 0.717) is 0 Å². The second kappa shape index (κ2) is 6.69. The normalized spacial score (nSPS) is 12.9. The molecule has 0 radical (unpaired) electrons. The monoisotopic (exact) mass is 302 g/mol. The van der Waals surface area contributed by atoms with E-state index in [0.717, 1.165) is 7.11 Å². The van der Waals surface area contributed by atoms with Crippen LogP contribution < -0.4 is 10.5 Å². The van der Waals surface area contributed by atoms with Crippen LogP contribution in [0.15, 0.2) is 23.1 Å². The molecule has 0 spiro atoms. The van der Waals surface area contributed by atoms with Gasteiger partial charge in [0.25, 0.3) is 0 Å². The fourth-order valence-corrected chi connectivity index (χ4v) is 3.13. The Morgan fingerprint density at radius 1 is 1.50 bits per heavy atom. The molecule has 0 aliphatic heterocycles. The number of aliphatic hydroxyl groups excluding tert-OH is 1. The van der Waals surface area contributed by atoms with Crippen molar-refractivity contribution in [1.82, 2.24) is 4.72 Å². The van der Waals surface area contributed by atoms with Crippen LogP contribution in [0.5, 0.6) is 0 Å². The van der Waals surface area contributed by atoms with E-state index in [9.17, 15) is 13.2 Å². The summed E-state index contributed by atoms with van der Waals surface area (Å²) >= 11 is 0. The zero-order chi connectivity index (χ0) is 15.3. The highest BCUT2D eigenvalue weighted by molar-refractivity contribution is 7.89. The molecule has 112 valence electrons. The number of nitrogens with two attached hydrogens (primary N) is 1. The van der Waals surface area contributed by atoms with E-state index in [2.05, 4.69) is 9.46 Å². The number of rotatable bonds is 6. The van der Waals surface area contributed by atoms with Crippen LogP contribution in [0.4, 0.5) is 5.69 Å². The number of ether oxygens (including phenoxy) is 1. The molecule has 1 rings (SSSR count). The number of hydrogen-bond donors (Lipinski definition) is 3. The van der Waals surface area contributed by atoms with Gasteiger partial charge >= 0.3 is 5.97 Å². The average molecular weight is 302 g/mol. The lowest BCUT2D eigenvalue weighted by Gasteiger charge is -2.15. The molecule has 1 aromatic carbocycles. The Labute approximate surface area is 117 Å². The maximum Gasteiger partial charge on any atom is 0.339 e. The van der Waals surface area contributed by atoms with E-state index in [1.807, 2.05) is 0 Å². The minimum Gasteiger partial charge on any atom is -0.465 e. The van der Waals surface area contributed by atoms with Gasteiger partial charge in [-0.05, 0) is 31.5 Å². The molecular formula is C12H18N2O5S. The minimum atomic E-state index is -3.93. The zero-order valence-electron chi connectivity index (χ0n) is 11.3. The average Bonchev–Trinajstić information content (AvgIpc) is 2.37. The zero-order valence-corrected chi connectivity index (χ0v) is 12.1. The summed E-state index contributed by atoms with van der Waals surface area (Å²) in [6.07, 6.45) is 0.259. The van der Waals surface area contributed by atoms with Crippen molar-refractivity contribution >= 4 is 21.7 Å². The highest BCUT2D eigenvalue weighted by Gasteiger charge is 2.24. The molecule has 1 aromatic rings. The Balaban J connectivity index is 3.22. The molecule has 20 heavy (non-hydrogen) atoms. The largest absolute Gasteiger partial charge is 0.465 e. The summed E-state index contributed by atoms with van der Waals surface area (Å²) in [7, 11) is -2.77. The number of anilines is 1. The van der Waals surface area contributed by atoms with Gasteiger partial charge in [-0.3, -0.25) is 0 Å². The fraction of sp³-hybridized carbons (Fsp3) is 0.417. The minimum absolute atomic E-state index is 0.0922. The predicted octanol–water partition coefficient (Wildman–Crippen LogP) is 0.105. The summed E-state index contributed by atoms with van der Waals surface area (Å²) < 4.78 is 31.4. The van der Waals surface area contributed by atoms with Crippen molar-refractivity contribution in [1.29, 1.82) is 0 Å². The number of esters is 1. The Hall–Kier alpha value is -1.64. The van der Waals surface area contributed by atoms with Gasteiger partial charge in [0.2, 0.25) is 10.0 Å². The summed E-state index contributed by atoms with van der Waals surface area (Å²) in [5, 5.41) is 8.80. The highest BCUT2D eigenvalue weighted by atomic mass is 32.2. The second-order valence-electron chi connectivity index (χ2n) is 4.28. The molecule has 0 amide bonds. The topological polar surface area (TPSA) is 119 Å². The lowest BCUT2D eigenvalue weighted by Crippen LogP contribution is -2.34. The molecule has 0 aliphatic rings. The van der Waals surface area contributed by atoms with Crippen LogP contribution in [0.2, 0.25) is 0 Å². The Kier molecular flexibility index (Phi) is 5.49. The quantitative estimate of drug-likeness (QED) is 0.507. The third-order valence-corrected chi connectivity index (χ3v) is 4.25. The van der Waals surface area contributed by atoms with Gasteiger partial charge in [0.05, 0.1) is 17.6 Å². The van der Waals surface area contributed by atoms with Gasteiger partial charge in [-0.25, -0.2) is 17.9 Å². The molecule has 0 heterocycles. The van der Waals surface area contributed by atoms with Crippen LogP contribution in [-0.2, 0) is 14.8 Å². The van der Waals surface area contributed by atoms with E-state index < -0.39 is 22.0 Å².